The molecule has 0 aliphatic rings. The molecule has 0 radical (unpaired) electrons. The smallest absolute Gasteiger partial charge is 0.318 e. The Morgan fingerprint density at radius 3 is 1.17 bits per heavy atom. The first-order valence-electron chi connectivity index (χ1n) is 11.2. The summed E-state index contributed by atoms with van der Waals surface area (Å²) in [6.07, 6.45) is 0. The van der Waals surface area contributed by atoms with Crippen molar-refractivity contribution < 1.29 is 19.2 Å². The summed E-state index contributed by atoms with van der Waals surface area (Å²) >= 11 is 0. The molecule has 0 bridgehead atoms. The molecule has 0 aliphatic heterocycles. The standard InChI is InChI=1S/C26H28N6O4/c1-27-25(35)31-21-11-3-17(4-12-21)15-29-23(33)19-7-9-20(10-8-19)24(34)30-16-18-5-13-22(14-6-18)32-26(36)28-2/h3-14H,15-16H2,1-2H3,(H,29,33)(H,30,34)(H2,27,31,35)(H2,28,32,36). The Kier molecular flexibility index (Phi) is 8.99. The Bertz CT molecular complexity index is 1110. The van der Waals surface area contributed by atoms with Gasteiger partial charge in [-0.2, -0.15) is 0 Å². The lowest BCUT2D eigenvalue weighted by Crippen LogP contribution is -2.25. The fourth-order valence-electron chi connectivity index (χ4n) is 3.14. The zero-order valence-corrected chi connectivity index (χ0v) is 20.0. The van der Waals surface area contributed by atoms with E-state index in [4.69, 9.17) is 0 Å². The predicted molar refractivity (Wildman–Crippen MR) is 138 cm³/mol. The fraction of sp³-hybridized carbons (Fsp3) is 0.154. The van der Waals surface area contributed by atoms with Gasteiger partial charge >= 0.3 is 12.1 Å². The second kappa shape index (κ2) is 12.6. The third kappa shape index (κ3) is 7.59. The number of hydrogen-bond donors (Lipinski definition) is 6. The van der Waals surface area contributed by atoms with Gasteiger partial charge in [0, 0.05) is 49.7 Å². The van der Waals surface area contributed by atoms with Gasteiger partial charge < -0.3 is 31.9 Å². The summed E-state index contributed by atoms with van der Waals surface area (Å²) in [6.45, 7) is 0.636. The first-order chi connectivity index (χ1) is 17.4. The van der Waals surface area contributed by atoms with Crippen molar-refractivity contribution in [3.63, 3.8) is 0 Å². The zero-order chi connectivity index (χ0) is 25.9. The molecule has 0 fully saturated rings. The Labute approximate surface area is 208 Å². The molecule has 3 aromatic rings. The summed E-state index contributed by atoms with van der Waals surface area (Å²) in [6, 6.07) is 20.0. The Morgan fingerprint density at radius 1 is 0.528 bits per heavy atom. The molecule has 10 heteroatoms. The number of benzene rings is 3. The van der Waals surface area contributed by atoms with Gasteiger partial charge in [-0.3, -0.25) is 9.59 Å². The fourth-order valence-corrected chi connectivity index (χ4v) is 3.14. The molecule has 36 heavy (non-hydrogen) atoms. The summed E-state index contributed by atoms with van der Waals surface area (Å²) in [5.41, 5.74) is 3.91. The third-order valence-electron chi connectivity index (χ3n) is 5.19. The van der Waals surface area contributed by atoms with Crippen LogP contribution in [0.1, 0.15) is 31.8 Å². The quantitative estimate of drug-likeness (QED) is 0.290. The molecule has 3 aromatic carbocycles. The molecule has 0 heterocycles. The highest BCUT2D eigenvalue weighted by Crippen LogP contribution is 2.11. The Hall–Kier alpha value is -4.86. The first-order valence-corrected chi connectivity index (χ1v) is 11.2. The molecule has 0 spiro atoms. The van der Waals surface area contributed by atoms with Crippen LogP contribution in [-0.4, -0.2) is 38.0 Å². The van der Waals surface area contributed by atoms with Crippen molar-refractivity contribution in [2.45, 2.75) is 13.1 Å². The lowest BCUT2D eigenvalue weighted by molar-refractivity contribution is 0.0939. The van der Waals surface area contributed by atoms with Gasteiger partial charge in [-0.1, -0.05) is 24.3 Å². The number of amides is 6. The van der Waals surface area contributed by atoms with Crippen molar-refractivity contribution in [3.8, 4) is 0 Å². The van der Waals surface area contributed by atoms with Crippen LogP contribution in [0.3, 0.4) is 0 Å². The largest absolute Gasteiger partial charge is 0.348 e. The van der Waals surface area contributed by atoms with Crippen molar-refractivity contribution in [2.24, 2.45) is 0 Å². The van der Waals surface area contributed by atoms with Crippen LogP contribution in [-0.2, 0) is 13.1 Å². The number of urea groups is 2. The van der Waals surface area contributed by atoms with Gasteiger partial charge in [0.25, 0.3) is 11.8 Å². The van der Waals surface area contributed by atoms with Gasteiger partial charge in [0.15, 0.2) is 0 Å². The van der Waals surface area contributed by atoms with Gasteiger partial charge in [-0.15, -0.1) is 0 Å². The highest BCUT2D eigenvalue weighted by molar-refractivity contribution is 5.97. The summed E-state index contributed by atoms with van der Waals surface area (Å²) < 4.78 is 0. The van der Waals surface area contributed by atoms with Crippen molar-refractivity contribution in [1.29, 1.82) is 0 Å². The topological polar surface area (TPSA) is 140 Å². The summed E-state index contributed by atoms with van der Waals surface area (Å²) in [5, 5.41) is 15.9. The molecule has 0 saturated carbocycles. The van der Waals surface area contributed by atoms with E-state index < -0.39 is 0 Å². The highest BCUT2D eigenvalue weighted by atomic mass is 16.2. The highest BCUT2D eigenvalue weighted by Gasteiger charge is 2.09. The maximum Gasteiger partial charge on any atom is 0.318 e. The molecule has 3 rings (SSSR count). The molecule has 186 valence electrons. The Morgan fingerprint density at radius 2 is 0.861 bits per heavy atom. The summed E-state index contributed by atoms with van der Waals surface area (Å²) in [5.74, 6) is -0.528. The van der Waals surface area contributed by atoms with Gasteiger partial charge in [0.2, 0.25) is 0 Å². The molecule has 0 aliphatic carbocycles. The van der Waals surface area contributed by atoms with Crippen LogP contribution in [0.25, 0.3) is 0 Å². The van der Waals surface area contributed by atoms with Crippen molar-refractivity contribution in [2.75, 3.05) is 24.7 Å². The van der Waals surface area contributed by atoms with E-state index in [9.17, 15) is 19.2 Å². The van der Waals surface area contributed by atoms with Crippen LogP contribution in [0.15, 0.2) is 72.8 Å². The lowest BCUT2D eigenvalue weighted by Gasteiger charge is -2.09. The van der Waals surface area contributed by atoms with Gasteiger partial charge in [-0.05, 0) is 59.7 Å². The van der Waals surface area contributed by atoms with E-state index in [2.05, 4.69) is 31.9 Å². The molecule has 0 aromatic heterocycles. The number of carbonyl (C=O) groups is 4. The molecule has 0 unspecified atom stereocenters. The Balaban J connectivity index is 1.47. The minimum atomic E-state index is -0.307. The van der Waals surface area contributed by atoms with Gasteiger partial charge in [-0.25, -0.2) is 9.59 Å². The minimum Gasteiger partial charge on any atom is -0.348 e. The zero-order valence-electron chi connectivity index (χ0n) is 20.0. The predicted octanol–water partition coefficient (Wildman–Crippen LogP) is 3.05. The average Bonchev–Trinajstić information content (AvgIpc) is 2.91. The number of carbonyl (C=O) groups excluding carboxylic acids is 4. The van der Waals surface area contributed by atoms with Crippen LogP contribution < -0.4 is 31.9 Å². The van der Waals surface area contributed by atoms with E-state index in [0.717, 1.165) is 11.1 Å². The average molecular weight is 489 g/mol. The van der Waals surface area contributed by atoms with Crippen LogP contribution in [0.5, 0.6) is 0 Å². The summed E-state index contributed by atoms with van der Waals surface area (Å²) in [7, 11) is 3.07. The van der Waals surface area contributed by atoms with Crippen molar-refractivity contribution in [1.82, 2.24) is 21.3 Å². The molecule has 6 amide bonds. The van der Waals surface area contributed by atoms with Gasteiger partial charge in [0.05, 0.1) is 0 Å². The minimum absolute atomic E-state index is 0.264. The number of rotatable bonds is 8. The molecular weight excluding hydrogens is 460 g/mol. The molecule has 0 saturated heterocycles. The first kappa shape index (κ1) is 25.8. The second-order valence-electron chi connectivity index (χ2n) is 7.74. The van der Waals surface area contributed by atoms with Gasteiger partial charge in [0.1, 0.15) is 0 Å². The normalized spacial score (nSPS) is 10.1. The van der Waals surface area contributed by atoms with E-state index in [1.807, 2.05) is 24.3 Å². The van der Waals surface area contributed by atoms with Crippen LogP contribution >= 0.6 is 0 Å². The molecule has 10 nitrogen and oxygen atoms in total. The van der Waals surface area contributed by atoms with Crippen LogP contribution in [0, 0.1) is 0 Å². The maximum atomic E-state index is 12.5. The van der Waals surface area contributed by atoms with E-state index >= 15 is 0 Å². The number of hydrogen-bond acceptors (Lipinski definition) is 4. The maximum absolute atomic E-state index is 12.5. The SMILES string of the molecule is CNC(=O)Nc1ccc(CNC(=O)c2ccc(C(=O)NCc3ccc(NC(=O)NC)cc3)cc2)cc1. The van der Waals surface area contributed by atoms with E-state index in [0.29, 0.717) is 35.6 Å². The van der Waals surface area contributed by atoms with E-state index in [1.165, 1.54) is 14.1 Å². The van der Waals surface area contributed by atoms with Crippen molar-refractivity contribution >= 4 is 35.3 Å². The van der Waals surface area contributed by atoms with Crippen LogP contribution in [0.4, 0.5) is 21.0 Å². The molecule has 6 N–H and O–H groups in total. The van der Waals surface area contributed by atoms with E-state index in [-0.39, 0.29) is 23.9 Å². The number of anilines is 2. The second-order valence-corrected chi connectivity index (χ2v) is 7.74. The monoisotopic (exact) mass is 488 g/mol. The number of nitrogens with one attached hydrogen (secondary N) is 6. The molecular formula is C26H28N6O4. The lowest BCUT2D eigenvalue weighted by atomic mass is 10.1. The van der Waals surface area contributed by atoms with E-state index in [1.54, 1.807) is 48.5 Å². The third-order valence-corrected chi connectivity index (χ3v) is 5.19. The van der Waals surface area contributed by atoms with Crippen molar-refractivity contribution in [3.05, 3.63) is 95.1 Å². The summed E-state index contributed by atoms with van der Waals surface area (Å²) in [4.78, 5) is 47.6. The van der Waals surface area contributed by atoms with Crippen LogP contribution in [0.2, 0.25) is 0 Å². The molecule has 0 atom stereocenters.